The monoisotopic (exact) mass is 267 g/mol. The molecule has 1 aliphatic rings. The molecule has 0 aromatic carbocycles. The minimum Gasteiger partial charge on any atom is -0.368 e. The number of nitrogens with two attached hydrogens (primary N) is 1. The van der Waals surface area contributed by atoms with Gasteiger partial charge in [0.1, 0.15) is 6.04 Å². The van der Waals surface area contributed by atoms with Crippen molar-refractivity contribution in [1.82, 2.24) is 10.2 Å². The Morgan fingerprint density at radius 1 is 1.61 bits per heavy atom. The van der Waals surface area contributed by atoms with E-state index in [-0.39, 0.29) is 5.91 Å². The van der Waals surface area contributed by atoms with E-state index in [2.05, 4.69) is 21.7 Å². The van der Waals surface area contributed by atoms with E-state index in [9.17, 15) is 9.59 Å². The summed E-state index contributed by atoms with van der Waals surface area (Å²) in [7, 11) is 0. The van der Waals surface area contributed by atoms with E-state index >= 15 is 0 Å². The summed E-state index contributed by atoms with van der Waals surface area (Å²) in [4.78, 5) is 26.1. The van der Waals surface area contributed by atoms with Crippen molar-refractivity contribution in [2.24, 2.45) is 5.73 Å². The van der Waals surface area contributed by atoms with Crippen molar-refractivity contribution in [3.05, 3.63) is 21.9 Å². The topological polar surface area (TPSA) is 75.4 Å². The molecule has 0 aliphatic carbocycles. The molecule has 0 unspecified atom stereocenters. The van der Waals surface area contributed by atoms with Crippen molar-refractivity contribution in [3.63, 3.8) is 0 Å². The Labute approximate surface area is 110 Å². The van der Waals surface area contributed by atoms with Crippen molar-refractivity contribution >= 4 is 23.2 Å². The first-order valence-electron chi connectivity index (χ1n) is 5.92. The third-order valence-corrected chi connectivity index (χ3v) is 4.08. The van der Waals surface area contributed by atoms with Crippen LogP contribution in [0.5, 0.6) is 0 Å². The molecule has 2 heterocycles. The first kappa shape index (κ1) is 13.0. The van der Waals surface area contributed by atoms with E-state index in [4.69, 9.17) is 5.73 Å². The lowest BCUT2D eigenvalue weighted by atomic mass is 10.1. The van der Waals surface area contributed by atoms with Gasteiger partial charge in [-0.2, -0.15) is 0 Å². The summed E-state index contributed by atoms with van der Waals surface area (Å²) in [6.45, 7) is 3.59. The molecular weight excluding hydrogens is 250 g/mol. The van der Waals surface area contributed by atoms with Crippen molar-refractivity contribution in [3.8, 4) is 0 Å². The molecule has 0 saturated heterocycles. The van der Waals surface area contributed by atoms with Gasteiger partial charge in [0.25, 0.3) is 0 Å². The average molecular weight is 267 g/mol. The number of fused-ring (bicyclic) bond motifs is 1. The van der Waals surface area contributed by atoms with Crippen molar-refractivity contribution in [2.75, 3.05) is 13.1 Å². The number of primary amides is 1. The quantitative estimate of drug-likeness (QED) is 0.812. The highest BCUT2D eigenvalue weighted by Gasteiger charge is 2.20. The van der Waals surface area contributed by atoms with E-state index in [1.165, 1.54) is 10.4 Å². The number of hydrogen-bond acceptors (Lipinski definition) is 4. The van der Waals surface area contributed by atoms with Crippen LogP contribution in [-0.2, 0) is 22.6 Å². The van der Waals surface area contributed by atoms with Crippen molar-refractivity contribution in [2.45, 2.75) is 25.9 Å². The van der Waals surface area contributed by atoms with Crippen LogP contribution in [0.4, 0.5) is 0 Å². The molecule has 3 N–H and O–H groups in total. The van der Waals surface area contributed by atoms with Crippen molar-refractivity contribution < 1.29 is 9.59 Å². The summed E-state index contributed by atoms with van der Waals surface area (Å²) in [5, 5.41) is 4.68. The maximum Gasteiger partial charge on any atom is 0.239 e. The molecule has 1 atom stereocenters. The zero-order chi connectivity index (χ0) is 13.1. The van der Waals surface area contributed by atoms with Gasteiger partial charge in [-0.15, -0.1) is 11.3 Å². The van der Waals surface area contributed by atoms with E-state index in [0.29, 0.717) is 6.54 Å². The number of hydrogen-bond donors (Lipinski definition) is 2. The van der Waals surface area contributed by atoms with Crippen LogP contribution >= 0.6 is 11.3 Å². The summed E-state index contributed by atoms with van der Waals surface area (Å²) >= 11 is 1.77. The van der Waals surface area contributed by atoms with Gasteiger partial charge in [0.2, 0.25) is 11.8 Å². The Balaban J connectivity index is 1.84. The van der Waals surface area contributed by atoms with E-state index in [1.54, 1.807) is 18.3 Å². The summed E-state index contributed by atoms with van der Waals surface area (Å²) in [5.74, 6) is -0.665. The highest BCUT2D eigenvalue weighted by molar-refractivity contribution is 7.10. The van der Waals surface area contributed by atoms with Gasteiger partial charge in [0.15, 0.2) is 0 Å². The lowest BCUT2D eigenvalue weighted by Gasteiger charge is -2.26. The molecule has 1 aliphatic heterocycles. The minimum absolute atomic E-state index is 0.153. The third-order valence-electron chi connectivity index (χ3n) is 3.06. The molecule has 0 fully saturated rings. The normalized spacial score (nSPS) is 16.9. The van der Waals surface area contributed by atoms with Gasteiger partial charge in [-0.1, -0.05) is 0 Å². The lowest BCUT2D eigenvalue weighted by molar-refractivity contribution is -0.127. The van der Waals surface area contributed by atoms with Crippen LogP contribution in [0.25, 0.3) is 0 Å². The zero-order valence-corrected chi connectivity index (χ0v) is 11.1. The predicted octanol–water partition coefficient (Wildman–Crippen LogP) is 0.0962. The fourth-order valence-electron chi connectivity index (χ4n) is 2.00. The van der Waals surface area contributed by atoms with E-state index in [1.807, 2.05) is 0 Å². The van der Waals surface area contributed by atoms with E-state index in [0.717, 1.165) is 19.5 Å². The van der Waals surface area contributed by atoms with Gasteiger partial charge in [0, 0.05) is 18.0 Å². The fraction of sp³-hybridized carbons (Fsp3) is 0.500. The smallest absolute Gasteiger partial charge is 0.239 e. The van der Waals surface area contributed by atoms with Crippen LogP contribution in [0, 0.1) is 0 Å². The Morgan fingerprint density at radius 3 is 3.11 bits per heavy atom. The molecule has 0 radical (unpaired) electrons. The molecular formula is C12H17N3O2S. The summed E-state index contributed by atoms with van der Waals surface area (Å²) in [6.07, 6.45) is 0.992. The predicted molar refractivity (Wildman–Crippen MR) is 70.1 cm³/mol. The first-order chi connectivity index (χ1) is 8.56. The molecule has 0 saturated carbocycles. The maximum atomic E-state index is 11.7. The number of thiophene rings is 1. The second kappa shape index (κ2) is 5.49. The second-order valence-electron chi connectivity index (χ2n) is 4.52. The average Bonchev–Trinajstić information content (AvgIpc) is 2.75. The lowest BCUT2D eigenvalue weighted by Crippen LogP contribution is -2.47. The Hall–Kier alpha value is -1.40. The van der Waals surface area contributed by atoms with Gasteiger partial charge in [-0.3, -0.25) is 14.5 Å². The van der Waals surface area contributed by atoms with Gasteiger partial charge in [-0.05, 0) is 30.4 Å². The molecule has 18 heavy (non-hydrogen) atoms. The molecule has 5 nitrogen and oxygen atoms in total. The number of amides is 2. The van der Waals surface area contributed by atoms with E-state index < -0.39 is 11.9 Å². The number of nitrogens with one attached hydrogen (secondary N) is 1. The van der Waals surface area contributed by atoms with Crippen LogP contribution in [0.3, 0.4) is 0 Å². The van der Waals surface area contributed by atoms with Crippen LogP contribution in [0.15, 0.2) is 11.4 Å². The molecule has 98 valence electrons. The Kier molecular flexibility index (Phi) is 3.98. The first-order valence-corrected chi connectivity index (χ1v) is 6.80. The zero-order valence-electron chi connectivity index (χ0n) is 10.3. The number of rotatable bonds is 4. The highest BCUT2D eigenvalue weighted by Crippen LogP contribution is 2.23. The second-order valence-corrected chi connectivity index (χ2v) is 5.52. The molecule has 0 bridgehead atoms. The number of nitrogens with zero attached hydrogens (tertiary/aromatic N) is 1. The molecule has 1 aromatic heterocycles. The van der Waals surface area contributed by atoms with Gasteiger partial charge in [-0.25, -0.2) is 0 Å². The van der Waals surface area contributed by atoms with Crippen LogP contribution in [-0.4, -0.2) is 35.8 Å². The van der Waals surface area contributed by atoms with Crippen LogP contribution < -0.4 is 11.1 Å². The van der Waals surface area contributed by atoms with Gasteiger partial charge >= 0.3 is 0 Å². The third kappa shape index (κ3) is 3.08. The molecule has 2 amide bonds. The highest BCUT2D eigenvalue weighted by atomic mass is 32.1. The minimum atomic E-state index is -0.612. The molecule has 2 rings (SSSR count). The molecule has 6 heteroatoms. The molecule has 1 aromatic rings. The van der Waals surface area contributed by atoms with Crippen molar-refractivity contribution in [1.29, 1.82) is 0 Å². The SMILES string of the molecule is C[C@H](NC(=O)CN1CCc2sccc2C1)C(N)=O. The summed E-state index contributed by atoms with van der Waals surface area (Å²) < 4.78 is 0. The van der Waals surface area contributed by atoms with Crippen LogP contribution in [0.2, 0.25) is 0 Å². The van der Waals surface area contributed by atoms with Gasteiger partial charge in [0.05, 0.1) is 6.54 Å². The molecule has 0 spiro atoms. The van der Waals surface area contributed by atoms with Gasteiger partial charge < -0.3 is 11.1 Å². The largest absolute Gasteiger partial charge is 0.368 e. The summed E-state index contributed by atoms with van der Waals surface area (Å²) in [6, 6.07) is 1.50. The summed E-state index contributed by atoms with van der Waals surface area (Å²) in [5.41, 5.74) is 6.41. The Morgan fingerprint density at radius 2 is 2.39 bits per heavy atom. The Bertz CT molecular complexity index is 458. The number of carbonyl (C=O) groups excluding carboxylic acids is 2. The maximum absolute atomic E-state index is 11.7. The number of carbonyl (C=O) groups is 2. The van der Waals surface area contributed by atoms with Crippen LogP contribution in [0.1, 0.15) is 17.4 Å². The standard InChI is InChI=1S/C12H17N3O2S/c1-8(12(13)17)14-11(16)7-15-4-2-10-9(6-15)3-5-18-10/h3,5,8H,2,4,6-7H2,1H3,(H2,13,17)(H,14,16)/t8-/m0/s1. The fourth-order valence-corrected chi connectivity index (χ4v) is 2.89.